The van der Waals surface area contributed by atoms with Crippen molar-refractivity contribution in [1.82, 2.24) is 14.5 Å². The molecule has 2 aromatic carbocycles. The molecule has 2 aliphatic heterocycles. The minimum Gasteiger partial charge on any atom is -0.547 e. The molecule has 1 N–H and O–H groups in total. The fourth-order valence-corrected chi connectivity index (χ4v) is 9.96. The van der Waals surface area contributed by atoms with Gasteiger partial charge in [0.15, 0.2) is 10.8 Å². The molecule has 0 bridgehead atoms. The molecular weight excluding hydrogens is 600 g/mol. The molecule has 6 rings (SSSR count). The fraction of sp³-hybridized carbons (Fsp3) is 0.394. The Labute approximate surface area is 264 Å². The number of pyridine rings is 1. The van der Waals surface area contributed by atoms with Crippen molar-refractivity contribution in [2.75, 3.05) is 24.9 Å². The van der Waals surface area contributed by atoms with Gasteiger partial charge in [0.25, 0.3) is 0 Å². The van der Waals surface area contributed by atoms with Crippen LogP contribution in [0.25, 0.3) is 22.2 Å². The Kier molecular flexibility index (Phi) is 8.23. The number of piperidine rings is 1. The van der Waals surface area contributed by atoms with Crippen molar-refractivity contribution in [1.29, 1.82) is 0 Å². The summed E-state index contributed by atoms with van der Waals surface area (Å²) in [6.07, 6.45) is 5.28. The first-order valence-corrected chi connectivity index (χ1v) is 17.5. The average molecular weight is 637 g/mol. The molecule has 1 unspecified atom stereocenters. The lowest BCUT2D eigenvalue weighted by Gasteiger charge is -2.31. The van der Waals surface area contributed by atoms with Crippen LogP contribution < -0.4 is 9.83 Å². The maximum absolute atomic E-state index is 12.6. The Morgan fingerprint density at radius 1 is 1.19 bits per heavy atom. The Hall–Kier alpha value is -2.69. The summed E-state index contributed by atoms with van der Waals surface area (Å²) in [5.41, 5.74) is 5.79. The number of nitrogens with zero attached hydrogens (tertiary/aromatic N) is 3. The number of carbonyl (C=O) groups excluding carboxylic acids is 1. The van der Waals surface area contributed by atoms with Crippen LogP contribution in [-0.2, 0) is 26.7 Å². The van der Waals surface area contributed by atoms with E-state index < -0.39 is 27.8 Å². The topological polar surface area (TPSA) is 82.4 Å². The number of carboxylic acids is 1. The Balaban J connectivity index is 1.44. The van der Waals surface area contributed by atoms with Crippen LogP contribution in [0.4, 0.5) is 5.69 Å². The molecule has 7 nitrogen and oxygen atoms in total. The maximum atomic E-state index is 12.6. The van der Waals surface area contributed by atoms with Gasteiger partial charge in [-0.05, 0) is 107 Å². The second kappa shape index (κ2) is 11.7. The van der Waals surface area contributed by atoms with Crippen molar-refractivity contribution in [2.45, 2.75) is 68.0 Å². The highest BCUT2D eigenvalue weighted by atomic mass is 35.5. The molecule has 226 valence electrons. The largest absolute Gasteiger partial charge is 0.547 e. The van der Waals surface area contributed by atoms with Gasteiger partial charge in [-0.25, -0.2) is 4.98 Å². The monoisotopic (exact) mass is 636 g/mol. The summed E-state index contributed by atoms with van der Waals surface area (Å²) in [5.74, 6) is -0.740. The fourth-order valence-electron chi connectivity index (χ4n) is 6.12. The first-order valence-electron chi connectivity index (χ1n) is 14.5. The van der Waals surface area contributed by atoms with Crippen LogP contribution in [-0.4, -0.2) is 46.2 Å². The van der Waals surface area contributed by atoms with Gasteiger partial charge in [-0.1, -0.05) is 23.7 Å². The number of halogens is 1. The third-order valence-electron chi connectivity index (χ3n) is 8.17. The number of aryl methyl sites for hydroxylation is 2. The van der Waals surface area contributed by atoms with E-state index in [0.29, 0.717) is 16.5 Å². The second-order valence-electron chi connectivity index (χ2n) is 12.6. The lowest BCUT2D eigenvalue weighted by atomic mass is 9.90. The predicted octanol–water partition coefficient (Wildman–Crippen LogP) is 6.64. The quantitative estimate of drug-likeness (QED) is 0.188. The van der Waals surface area contributed by atoms with Crippen LogP contribution >= 0.6 is 22.4 Å². The number of ether oxygens (including phenoxy) is 1. The number of hydrogen-bond acceptors (Lipinski definition) is 7. The highest BCUT2D eigenvalue weighted by Gasteiger charge is 2.41. The maximum Gasteiger partial charge on any atom is 0.216 e. The molecule has 0 amide bonds. The van der Waals surface area contributed by atoms with E-state index in [1.807, 2.05) is 64.2 Å². The number of rotatable bonds is 6. The van der Waals surface area contributed by atoms with Crippen molar-refractivity contribution in [3.05, 3.63) is 70.5 Å². The van der Waals surface area contributed by atoms with Crippen molar-refractivity contribution in [3.8, 4) is 11.1 Å². The highest BCUT2D eigenvalue weighted by molar-refractivity contribution is 8.75. The lowest BCUT2D eigenvalue weighted by molar-refractivity contribution is -0.321. The number of anilines is 1. The smallest absolute Gasteiger partial charge is 0.216 e. The average Bonchev–Trinajstić information content (AvgIpc) is 3.52. The molecule has 4 heterocycles. The van der Waals surface area contributed by atoms with E-state index in [1.54, 1.807) is 10.8 Å². The Morgan fingerprint density at radius 2 is 1.88 bits per heavy atom. The van der Waals surface area contributed by atoms with Gasteiger partial charge in [-0.15, -0.1) is 0 Å². The predicted molar refractivity (Wildman–Crippen MR) is 176 cm³/mol. The van der Waals surface area contributed by atoms with E-state index in [0.717, 1.165) is 63.7 Å². The van der Waals surface area contributed by atoms with Crippen LogP contribution in [0, 0.1) is 6.92 Å². The van der Waals surface area contributed by atoms with E-state index in [4.69, 9.17) is 21.3 Å². The van der Waals surface area contributed by atoms with Crippen LogP contribution in [0.2, 0.25) is 5.02 Å². The summed E-state index contributed by atoms with van der Waals surface area (Å²) < 4.78 is 12.0. The first-order chi connectivity index (χ1) is 20.4. The summed E-state index contributed by atoms with van der Waals surface area (Å²) in [4.78, 5) is 22.0. The van der Waals surface area contributed by atoms with Gasteiger partial charge in [0.05, 0.1) is 22.7 Å². The van der Waals surface area contributed by atoms with Gasteiger partial charge in [-0.3, -0.25) is 0 Å². The number of aliphatic carboxylic acids is 1. The zero-order valence-electron chi connectivity index (χ0n) is 25.4. The van der Waals surface area contributed by atoms with Crippen LogP contribution in [0.5, 0.6) is 0 Å². The molecule has 43 heavy (non-hydrogen) atoms. The number of benzene rings is 2. The first kappa shape index (κ1) is 30.3. The van der Waals surface area contributed by atoms with E-state index in [1.165, 1.54) is 10.9 Å². The van der Waals surface area contributed by atoms with E-state index in [9.17, 15) is 9.90 Å². The molecule has 2 atom stereocenters. The molecule has 0 saturated carbocycles. The van der Waals surface area contributed by atoms with Gasteiger partial charge < -0.3 is 24.1 Å². The lowest BCUT2D eigenvalue weighted by Crippen LogP contribution is -2.36. The molecule has 2 aliphatic rings. The standard InChI is InChI=1S/C33H37ClN4O3S2/c1-19-15-26-30(28(21-7-9-22(34)10-8-21)27(19)29(32(39)40)41-33(2,3)4)42-43(36-26)23-16-24-25(18-38(6)31(24)35-17-23)20-11-13-37(5)14-12-20/h7-10,15-18,20,29,36H,11-14H2,1-6H3/t29-,43?/m0/s1. The molecule has 0 spiro atoms. The molecular formula is C33H37ClN4O3S2. The van der Waals surface area contributed by atoms with Gasteiger partial charge in [-0.2, -0.15) is 4.72 Å². The summed E-state index contributed by atoms with van der Waals surface area (Å²) in [5, 5.41) is 14.4. The SMILES string of the molecule is Cc1cc2c(c(-c3ccc(Cl)cc3)c1[C@H](OC(C)(C)C)C(=O)[O-])S[S+](c1cnc3c(c1)c(C1CCN(C)CC1)cn3C)N2. The Bertz CT molecular complexity index is 1690. The molecule has 1 saturated heterocycles. The van der Waals surface area contributed by atoms with Crippen molar-refractivity contribution >= 4 is 55.2 Å². The molecule has 0 aliphatic carbocycles. The minimum absolute atomic E-state index is 0.444. The van der Waals surface area contributed by atoms with E-state index >= 15 is 0 Å². The van der Waals surface area contributed by atoms with Crippen LogP contribution in [0.15, 0.2) is 58.6 Å². The van der Waals surface area contributed by atoms with E-state index in [2.05, 4.69) is 40.5 Å². The number of fused-ring (bicyclic) bond motifs is 2. The molecule has 1 fully saturated rings. The normalized spacial score (nSPS) is 18.5. The van der Waals surface area contributed by atoms with Gasteiger partial charge in [0, 0.05) is 35.3 Å². The number of nitrogens with one attached hydrogen (secondary N) is 1. The molecule has 2 aromatic heterocycles. The van der Waals surface area contributed by atoms with Gasteiger partial charge >= 0.3 is 0 Å². The number of hydrogen-bond donors (Lipinski definition) is 1. The third-order valence-corrected chi connectivity index (χ3v) is 12.1. The van der Waals surface area contributed by atoms with Crippen LogP contribution in [0.1, 0.15) is 62.3 Å². The van der Waals surface area contributed by atoms with Crippen LogP contribution in [0.3, 0.4) is 0 Å². The summed E-state index contributed by atoms with van der Waals surface area (Å²) in [7, 11) is 5.52. The van der Waals surface area contributed by atoms with Crippen molar-refractivity contribution in [3.63, 3.8) is 0 Å². The molecule has 0 radical (unpaired) electrons. The third kappa shape index (κ3) is 6.02. The number of carboxylic acid groups (broad SMARTS) is 1. The highest BCUT2D eigenvalue weighted by Crippen LogP contribution is 2.53. The van der Waals surface area contributed by atoms with Crippen molar-refractivity contribution in [2.24, 2.45) is 7.05 Å². The van der Waals surface area contributed by atoms with Gasteiger partial charge in [0.1, 0.15) is 17.4 Å². The Morgan fingerprint density at radius 3 is 2.53 bits per heavy atom. The minimum atomic E-state index is -1.26. The molecule has 4 aromatic rings. The zero-order chi connectivity index (χ0) is 30.6. The zero-order valence-corrected chi connectivity index (χ0v) is 27.8. The van der Waals surface area contributed by atoms with Gasteiger partial charge in [0.2, 0.25) is 15.0 Å². The van der Waals surface area contributed by atoms with Crippen molar-refractivity contribution < 1.29 is 14.6 Å². The summed E-state index contributed by atoms with van der Waals surface area (Å²) in [6.45, 7) is 9.71. The molecule has 10 heteroatoms. The summed E-state index contributed by atoms with van der Waals surface area (Å²) >= 11 is 6.26. The second-order valence-corrected chi connectivity index (χ2v) is 16.3. The summed E-state index contributed by atoms with van der Waals surface area (Å²) in [6, 6.07) is 11.9. The van der Waals surface area contributed by atoms with E-state index in [-0.39, 0.29) is 0 Å². The number of likely N-dealkylation sites (tertiary alicyclic amines) is 1. The number of aromatic nitrogens is 2. The number of carbonyl (C=O) groups is 1.